The van der Waals surface area contributed by atoms with E-state index in [1.165, 1.54) is 18.2 Å². The highest BCUT2D eigenvalue weighted by Crippen LogP contribution is 2.28. The summed E-state index contributed by atoms with van der Waals surface area (Å²) >= 11 is 11.1. The molecule has 1 N–H and O–H groups in total. The molecule has 0 bridgehead atoms. The van der Waals surface area contributed by atoms with Gasteiger partial charge in [0.2, 0.25) is 0 Å². The minimum Gasteiger partial charge on any atom is -0.360 e. The van der Waals surface area contributed by atoms with Crippen molar-refractivity contribution in [1.82, 2.24) is 0 Å². The fourth-order valence-corrected chi connectivity index (χ4v) is 1.38. The van der Waals surface area contributed by atoms with Crippen LogP contribution in [0.2, 0.25) is 10.0 Å². The van der Waals surface area contributed by atoms with Crippen molar-refractivity contribution in [3.05, 3.63) is 28.2 Å². The maximum atomic E-state index is 10.3. The zero-order valence-electron chi connectivity index (χ0n) is 6.07. The molecule has 0 saturated carbocycles. The van der Waals surface area contributed by atoms with Crippen LogP contribution in [-0.4, -0.2) is 13.0 Å². The molecule has 7 heteroatoms. The van der Waals surface area contributed by atoms with Gasteiger partial charge in [-0.05, 0) is 12.1 Å². The second kappa shape index (κ2) is 3.71. The molecule has 0 amide bonds. The van der Waals surface area contributed by atoms with E-state index in [-0.39, 0.29) is 15.8 Å². The second-order valence-electron chi connectivity index (χ2n) is 2.09. The van der Waals surface area contributed by atoms with Crippen LogP contribution in [-0.2, 0) is 10.4 Å². The minimum atomic E-state index is -4.56. The lowest BCUT2D eigenvalue weighted by molar-refractivity contribution is 0.387. The molecule has 0 aliphatic carbocycles. The summed E-state index contributed by atoms with van der Waals surface area (Å²) < 4.78 is 33.1. The molecule has 0 spiro atoms. The molecule has 13 heavy (non-hydrogen) atoms. The Balaban J connectivity index is 3.08. The van der Waals surface area contributed by atoms with Crippen LogP contribution < -0.4 is 4.18 Å². The summed E-state index contributed by atoms with van der Waals surface area (Å²) in [4.78, 5) is 0. The van der Waals surface area contributed by atoms with Crippen molar-refractivity contribution < 1.29 is 17.2 Å². The van der Waals surface area contributed by atoms with E-state index in [4.69, 9.17) is 27.8 Å². The maximum absolute atomic E-state index is 10.3. The van der Waals surface area contributed by atoms with Gasteiger partial charge in [0.1, 0.15) is 0 Å². The smallest absolute Gasteiger partial charge is 0.360 e. The summed E-state index contributed by atoms with van der Waals surface area (Å²) in [5.41, 5.74) is 0. The van der Waals surface area contributed by atoms with Crippen molar-refractivity contribution in [3.63, 3.8) is 0 Å². The first-order valence-corrected chi connectivity index (χ1v) is 5.12. The summed E-state index contributed by atoms with van der Waals surface area (Å²) in [6.07, 6.45) is 0. The molecule has 0 aliphatic rings. The van der Waals surface area contributed by atoms with Gasteiger partial charge in [0.25, 0.3) is 0 Å². The average molecular weight is 243 g/mol. The lowest BCUT2D eigenvalue weighted by Crippen LogP contribution is -2.06. The molecule has 0 radical (unpaired) electrons. The van der Waals surface area contributed by atoms with Crippen LogP contribution in [0.4, 0.5) is 0 Å². The van der Waals surface area contributed by atoms with Crippen molar-refractivity contribution in [3.8, 4) is 5.75 Å². The number of hydrogen-bond acceptors (Lipinski definition) is 3. The molecule has 0 atom stereocenters. The van der Waals surface area contributed by atoms with Crippen LogP contribution in [0.3, 0.4) is 0 Å². The second-order valence-corrected chi connectivity index (χ2v) is 3.95. The molecular weight excluding hydrogens is 239 g/mol. The van der Waals surface area contributed by atoms with Crippen molar-refractivity contribution in [2.24, 2.45) is 0 Å². The van der Waals surface area contributed by atoms with E-state index in [2.05, 4.69) is 4.18 Å². The lowest BCUT2D eigenvalue weighted by Gasteiger charge is -2.03. The van der Waals surface area contributed by atoms with Crippen LogP contribution in [0.1, 0.15) is 0 Å². The SMILES string of the molecule is O=S(=O)(O)Oc1cc(Cl)ccc1Cl. The molecule has 0 heterocycles. The first-order chi connectivity index (χ1) is 5.88. The number of hydrogen-bond donors (Lipinski definition) is 1. The molecule has 0 unspecified atom stereocenters. The fourth-order valence-electron chi connectivity index (χ4n) is 0.655. The quantitative estimate of drug-likeness (QED) is 0.808. The van der Waals surface area contributed by atoms with Gasteiger partial charge in [0, 0.05) is 11.1 Å². The van der Waals surface area contributed by atoms with Crippen molar-refractivity contribution in [1.29, 1.82) is 0 Å². The van der Waals surface area contributed by atoms with Crippen molar-refractivity contribution >= 4 is 33.6 Å². The predicted molar refractivity (Wildman–Crippen MR) is 48.6 cm³/mol. The van der Waals surface area contributed by atoms with Gasteiger partial charge in [-0.3, -0.25) is 4.55 Å². The molecule has 72 valence electrons. The Morgan fingerprint density at radius 1 is 1.31 bits per heavy atom. The zero-order valence-corrected chi connectivity index (χ0v) is 8.40. The van der Waals surface area contributed by atoms with Gasteiger partial charge in [-0.2, -0.15) is 8.42 Å². The summed E-state index contributed by atoms with van der Waals surface area (Å²) in [6.45, 7) is 0. The third-order valence-electron chi connectivity index (χ3n) is 1.09. The van der Waals surface area contributed by atoms with E-state index in [9.17, 15) is 8.42 Å². The molecule has 1 aromatic carbocycles. The largest absolute Gasteiger partial charge is 0.446 e. The average Bonchev–Trinajstić information content (AvgIpc) is 1.94. The maximum Gasteiger partial charge on any atom is 0.446 e. The molecule has 1 rings (SSSR count). The Morgan fingerprint density at radius 2 is 1.92 bits per heavy atom. The van der Waals surface area contributed by atoms with Crippen LogP contribution in [0, 0.1) is 0 Å². The molecule has 0 fully saturated rings. The van der Waals surface area contributed by atoms with Crippen LogP contribution in [0.5, 0.6) is 5.75 Å². The van der Waals surface area contributed by atoms with Crippen molar-refractivity contribution in [2.75, 3.05) is 0 Å². The Morgan fingerprint density at radius 3 is 2.46 bits per heavy atom. The fraction of sp³-hybridized carbons (Fsp3) is 0. The first-order valence-electron chi connectivity index (χ1n) is 3.00. The van der Waals surface area contributed by atoms with Crippen LogP contribution in [0.25, 0.3) is 0 Å². The van der Waals surface area contributed by atoms with E-state index in [0.717, 1.165) is 0 Å². The highest BCUT2D eigenvalue weighted by atomic mass is 35.5. The zero-order chi connectivity index (χ0) is 10.1. The van der Waals surface area contributed by atoms with Crippen LogP contribution >= 0.6 is 23.2 Å². The third kappa shape index (κ3) is 3.40. The number of benzene rings is 1. The number of halogens is 2. The minimum absolute atomic E-state index is 0.0435. The van der Waals surface area contributed by atoms with E-state index >= 15 is 0 Å². The molecule has 0 aliphatic heterocycles. The standard InChI is InChI=1S/C6H4Cl2O4S/c7-4-1-2-5(8)6(3-4)12-13(9,10)11/h1-3H,(H,9,10,11). The normalized spacial score (nSPS) is 11.3. The Labute approximate surface area is 85.0 Å². The highest BCUT2D eigenvalue weighted by Gasteiger charge is 2.10. The molecule has 0 aromatic heterocycles. The molecule has 4 nitrogen and oxygen atoms in total. The first kappa shape index (κ1) is 10.6. The molecule has 1 aromatic rings. The van der Waals surface area contributed by atoms with Gasteiger partial charge >= 0.3 is 10.4 Å². The predicted octanol–water partition coefficient (Wildman–Crippen LogP) is 2.17. The van der Waals surface area contributed by atoms with Gasteiger partial charge < -0.3 is 4.18 Å². The van der Waals surface area contributed by atoms with Gasteiger partial charge in [-0.1, -0.05) is 23.2 Å². The van der Waals surface area contributed by atoms with Gasteiger partial charge in [0.15, 0.2) is 5.75 Å². The van der Waals surface area contributed by atoms with Crippen molar-refractivity contribution in [2.45, 2.75) is 0 Å². The van der Waals surface area contributed by atoms with Gasteiger partial charge in [-0.25, -0.2) is 0 Å². The topological polar surface area (TPSA) is 63.6 Å². The number of rotatable bonds is 2. The van der Waals surface area contributed by atoms with Gasteiger partial charge in [-0.15, -0.1) is 0 Å². The van der Waals surface area contributed by atoms with E-state index in [1.54, 1.807) is 0 Å². The van der Waals surface area contributed by atoms with E-state index in [0.29, 0.717) is 0 Å². The van der Waals surface area contributed by atoms with E-state index < -0.39 is 10.4 Å². The summed E-state index contributed by atoms with van der Waals surface area (Å²) in [5, 5.41) is 0.296. The highest BCUT2D eigenvalue weighted by molar-refractivity contribution is 7.81. The summed E-state index contributed by atoms with van der Waals surface area (Å²) in [7, 11) is -4.56. The Kier molecular flexibility index (Phi) is 3.02. The molecule has 0 saturated heterocycles. The Bertz CT molecular complexity index is 415. The summed E-state index contributed by atoms with van der Waals surface area (Å²) in [5.74, 6) is -0.211. The third-order valence-corrected chi connectivity index (χ3v) is 2.03. The van der Waals surface area contributed by atoms with Gasteiger partial charge in [0.05, 0.1) is 5.02 Å². The lowest BCUT2D eigenvalue weighted by atomic mass is 10.3. The Hall–Kier alpha value is -0.490. The summed E-state index contributed by atoms with van der Waals surface area (Å²) in [6, 6.07) is 3.99. The monoisotopic (exact) mass is 242 g/mol. The van der Waals surface area contributed by atoms with E-state index in [1.807, 2.05) is 0 Å². The molecular formula is C6H4Cl2O4S. The van der Waals surface area contributed by atoms with Crippen LogP contribution in [0.15, 0.2) is 18.2 Å².